The Labute approximate surface area is 273 Å². The molecule has 1 aromatic heterocycles. The van der Waals surface area contributed by atoms with Gasteiger partial charge in [0.1, 0.15) is 0 Å². The summed E-state index contributed by atoms with van der Waals surface area (Å²) in [6.07, 6.45) is 0. The first-order valence-corrected chi connectivity index (χ1v) is 15.9. The second-order valence-electron chi connectivity index (χ2n) is 12.0. The van der Waals surface area contributed by atoms with Gasteiger partial charge in [-0.3, -0.25) is 0 Å². The SMILES string of the molecule is N#Cc1cccc(-c2ccc(-n3c4ccccc4c4ccccc43)cc2)c1-c1c2ccccc2c(-c2ccccc2)c2ccccc12. The lowest BCUT2D eigenvalue weighted by Gasteiger charge is -2.20. The number of aromatic nitrogens is 1. The summed E-state index contributed by atoms with van der Waals surface area (Å²) >= 11 is 0. The van der Waals surface area contributed by atoms with E-state index in [9.17, 15) is 5.26 Å². The van der Waals surface area contributed by atoms with E-state index in [2.05, 4.69) is 168 Å². The number of rotatable bonds is 4. The van der Waals surface area contributed by atoms with Crippen LogP contribution in [-0.4, -0.2) is 4.57 Å². The summed E-state index contributed by atoms with van der Waals surface area (Å²) in [7, 11) is 0. The molecule has 2 nitrogen and oxygen atoms in total. The molecule has 0 spiro atoms. The van der Waals surface area contributed by atoms with Gasteiger partial charge in [0.2, 0.25) is 0 Å². The van der Waals surface area contributed by atoms with E-state index in [1.54, 1.807) is 0 Å². The van der Waals surface area contributed by atoms with Crippen molar-refractivity contribution in [3.63, 3.8) is 0 Å². The van der Waals surface area contributed by atoms with E-state index >= 15 is 0 Å². The maximum Gasteiger partial charge on any atom is 0.0998 e. The van der Waals surface area contributed by atoms with Crippen LogP contribution in [0.2, 0.25) is 0 Å². The van der Waals surface area contributed by atoms with Crippen LogP contribution in [0.4, 0.5) is 0 Å². The van der Waals surface area contributed by atoms with E-state index in [-0.39, 0.29) is 0 Å². The molecule has 0 saturated carbocycles. The fraction of sp³-hybridized carbons (Fsp3) is 0. The minimum absolute atomic E-state index is 0.664. The molecule has 0 unspecified atom stereocenters. The van der Waals surface area contributed by atoms with Crippen LogP contribution in [0.3, 0.4) is 0 Å². The summed E-state index contributed by atoms with van der Waals surface area (Å²) in [6.45, 7) is 0. The van der Waals surface area contributed by atoms with Gasteiger partial charge in [-0.15, -0.1) is 0 Å². The molecule has 0 aliphatic heterocycles. The second-order valence-corrected chi connectivity index (χ2v) is 12.0. The molecule has 0 radical (unpaired) electrons. The Balaban J connectivity index is 1.30. The third-order valence-electron chi connectivity index (χ3n) is 9.45. The van der Waals surface area contributed by atoms with Crippen molar-refractivity contribution in [3.8, 4) is 45.1 Å². The summed E-state index contributed by atoms with van der Waals surface area (Å²) in [5, 5.41) is 17.7. The van der Waals surface area contributed by atoms with Gasteiger partial charge in [0, 0.05) is 22.0 Å². The molecule has 0 bridgehead atoms. The number of benzene rings is 8. The summed E-state index contributed by atoms with van der Waals surface area (Å²) in [5.74, 6) is 0. The van der Waals surface area contributed by atoms with Crippen LogP contribution in [0.15, 0.2) is 170 Å². The van der Waals surface area contributed by atoms with Crippen LogP contribution in [0.25, 0.3) is 82.4 Å². The molecular weight excluding hydrogens is 569 g/mol. The van der Waals surface area contributed by atoms with Crippen molar-refractivity contribution in [1.82, 2.24) is 4.57 Å². The Hall–Kier alpha value is -6.43. The maximum absolute atomic E-state index is 10.5. The van der Waals surface area contributed by atoms with Gasteiger partial charge < -0.3 is 4.57 Å². The summed E-state index contributed by atoms with van der Waals surface area (Å²) in [4.78, 5) is 0. The van der Waals surface area contributed by atoms with Gasteiger partial charge in [0.05, 0.1) is 22.7 Å². The lowest BCUT2D eigenvalue weighted by molar-refractivity contribution is 1.18. The molecule has 9 rings (SSSR count). The van der Waals surface area contributed by atoms with Crippen molar-refractivity contribution in [2.24, 2.45) is 0 Å². The smallest absolute Gasteiger partial charge is 0.0998 e. The molecule has 218 valence electrons. The number of nitrogens with zero attached hydrogens (tertiary/aromatic N) is 2. The summed E-state index contributed by atoms with van der Waals surface area (Å²) < 4.78 is 2.34. The largest absolute Gasteiger partial charge is 0.309 e. The first-order chi connectivity index (χ1) is 23.3. The third kappa shape index (κ3) is 4.18. The highest BCUT2D eigenvalue weighted by Crippen LogP contribution is 2.47. The molecule has 1 heterocycles. The molecule has 0 amide bonds. The van der Waals surface area contributed by atoms with Crippen molar-refractivity contribution in [2.45, 2.75) is 0 Å². The summed E-state index contributed by atoms with van der Waals surface area (Å²) in [5.41, 5.74) is 10.7. The molecule has 0 saturated heterocycles. The standard InChI is InChI=1S/C45H28N2/c46-29-32-15-12-22-34(30-25-27-33(28-26-30)47-41-23-10-8-16-35(41)36-17-9-11-24-42(36)47)44(32)45-39-20-6-4-18-37(39)43(31-13-2-1-3-14-31)38-19-5-7-21-40(38)45/h1-28H. The number of para-hydroxylation sites is 2. The zero-order valence-electron chi connectivity index (χ0n) is 25.6. The number of hydrogen-bond donors (Lipinski definition) is 0. The molecule has 0 aliphatic carbocycles. The molecule has 0 fully saturated rings. The van der Waals surface area contributed by atoms with E-state index < -0.39 is 0 Å². The highest BCUT2D eigenvalue weighted by Gasteiger charge is 2.21. The van der Waals surface area contributed by atoms with Crippen LogP contribution in [0.5, 0.6) is 0 Å². The highest BCUT2D eigenvalue weighted by molar-refractivity contribution is 6.23. The van der Waals surface area contributed by atoms with Crippen LogP contribution < -0.4 is 0 Å². The Morgan fingerprint density at radius 1 is 0.362 bits per heavy atom. The van der Waals surface area contributed by atoms with Gasteiger partial charge in [-0.2, -0.15) is 5.26 Å². The number of nitriles is 1. The molecule has 2 heteroatoms. The quantitative estimate of drug-likeness (QED) is 0.186. The normalized spacial score (nSPS) is 11.4. The van der Waals surface area contributed by atoms with Gasteiger partial charge in [-0.05, 0) is 79.7 Å². The molecule has 47 heavy (non-hydrogen) atoms. The third-order valence-corrected chi connectivity index (χ3v) is 9.45. The number of hydrogen-bond acceptors (Lipinski definition) is 1. The van der Waals surface area contributed by atoms with E-state index in [0.29, 0.717) is 5.56 Å². The van der Waals surface area contributed by atoms with Crippen LogP contribution in [-0.2, 0) is 0 Å². The van der Waals surface area contributed by atoms with Crippen LogP contribution in [0, 0.1) is 11.3 Å². The maximum atomic E-state index is 10.5. The van der Waals surface area contributed by atoms with E-state index in [1.807, 2.05) is 12.1 Å². The van der Waals surface area contributed by atoms with Gasteiger partial charge in [0.15, 0.2) is 0 Å². The Bertz CT molecular complexity index is 2560. The van der Waals surface area contributed by atoms with Crippen molar-refractivity contribution >= 4 is 43.4 Å². The number of fused-ring (bicyclic) bond motifs is 5. The Morgan fingerprint density at radius 2 is 0.851 bits per heavy atom. The monoisotopic (exact) mass is 596 g/mol. The lowest BCUT2D eigenvalue weighted by atomic mass is 9.82. The zero-order valence-corrected chi connectivity index (χ0v) is 25.6. The fourth-order valence-corrected chi connectivity index (χ4v) is 7.46. The molecule has 9 aromatic rings. The van der Waals surface area contributed by atoms with Crippen LogP contribution in [0.1, 0.15) is 5.56 Å². The Morgan fingerprint density at radius 3 is 1.40 bits per heavy atom. The predicted octanol–water partition coefficient (Wildman–Crippen LogP) is 12.0. The minimum Gasteiger partial charge on any atom is -0.309 e. The van der Waals surface area contributed by atoms with Crippen molar-refractivity contribution in [1.29, 1.82) is 5.26 Å². The van der Waals surface area contributed by atoms with Gasteiger partial charge >= 0.3 is 0 Å². The van der Waals surface area contributed by atoms with E-state index in [4.69, 9.17) is 0 Å². The Kier molecular flexibility index (Phi) is 6.23. The van der Waals surface area contributed by atoms with Gasteiger partial charge in [-0.25, -0.2) is 0 Å². The molecular formula is C45H28N2. The first-order valence-electron chi connectivity index (χ1n) is 15.9. The topological polar surface area (TPSA) is 28.7 Å². The average molecular weight is 597 g/mol. The highest BCUT2D eigenvalue weighted by atomic mass is 15.0. The predicted molar refractivity (Wildman–Crippen MR) is 197 cm³/mol. The molecule has 0 aliphatic rings. The zero-order chi connectivity index (χ0) is 31.3. The molecule has 8 aromatic carbocycles. The van der Waals surface area contributed by atoms with Crippen molar-refractivity contribution in [2.75, 3.05) is 0 Å². The first kappa shape index (κ1) is 26.9. The van der Waals surface area contributed by atoms with Crippen LogP contribution >= 0.6 is 0 Å². The summed E-state index contributed by atoms with van der Waals surface area (Å²) in [6, 6.07) is 62.5. The second kappa shape index (κ2) is 10.9. The fourth-order valence-electron chi connectivity index (χ4n) is 7.46. The minimum atomic E-state index is 0.664. The van der Waals surface area contributed by atoms with Crippen molar-refractivity contribution in [3.05, 3.63) is 175 Å². The van der Waals surface area contributed by atoms with Gasteiger partial charge in [-0.1, -0.05) is 140 Å². The molecule has 0 N–H and O–H groups in total. The van der Waals surface area contributed by atoms with E-state index in [1.165, 1.54) is 43.7 Å². The van der Waals surface area contributed by atoms with E-state index in [0.717, 1.165) is 38.7 Å². The lowest BCUT2D eigenvalue weighted by Crippen LogP contribution is -1.96. The van der Waals surface area contributed by atoms with Crippen molar-refractivity contribution < 1.29 is 0 Å². The van der Waals surface area contributed by atoms with Gasteiger partial charge in [0.25, 0.3) is 0 Å². The molecule has 0 atom stereocenters. The average Bonchev–Trinajstić information content (AvgIpc) is 3.48.